The molecule has 3 N–H and O–H groups in total. The van der Waals surface area contributed by atoms with Crippen LogP contribution in [-0.2, 0) is 0 Å². The lowest BCUT2D eigenvalue weighted by atomic mass is 10.2. The van der Waals surface area contributed by atoms with Crippen LogP contribution in [0.15, 0.2) is 16.5 Å². The van der Waals surface area contributed by atoms with E-state index in [9.17, 15) is 0 Å². The summed E-state index contributed by atoms with van der Waals surface area (Å²) in [7, 11) is 0. The molecule has 0 radical (unpaired) electrons. The predicted molar refractivity (Wildman–Crippen MR) is 73.5 cm³/mol. The Kier molecular flexibility index (Phi) is 2.78. The van der Waals surface area contributed by atoms with Gasteiger partial charge in [0.05, 0.1) is 0 Å². The Morgan fingerprint density at radius 3 is 2.68 bits per heavy atom. The number of hydrogen-bond donors (Lipinski definition) is 2. The first-order chi connectivity index (χ1) is 9.10. The molecule has 2 unspecified atom stereocenters. The van der Waals surface area contributed by atoms with Gasteiger partial charge in [0.25, 0.3) is 0 Å². The summed E-state index contributed by atoms with van der Waals surface area (Å²) in [5.74, 6) is 9.72. The lowest BCUT2D eigenvalue weighted by Crippen LogP contribution is -2.12. The van der Waals surface area contributed by atoms with E-state index in [0.717, 1.165) is 22.9 Å². The van der Waals surface area contributed by atoms with Crippen molar-refractivity contribution in [2.75, 3.05) is 5.43 Å². The standard InChI is InChI=1S/C14H18N4O/c1-7-6-10(7)11-4-5-12(19-11)14-16-9(3)8(2)13(17-14)18-15/h4-5,7,10H,6,15H2,1-3H3,(H,16,17,18). The first kappa shape index (κ1) is 12.2. The second-order valence-electron chi connectivity index (χ2n) is 5.27. The second-order valence-corrected chi connectivity index (χ2v) is 5.27. The van der Waals surface area contributed by atoms with Gasteiger partial charge in [-0.25, -0.2) is 15.8 Å². The lowest BCUT2D eigenvalue weighted by molar-refractivity contribution is 0.515. The van der Waals surface area contributed by atoms with Gasteiger partial charge in [0, 0.05) is 17.2 Å². The quantitative estimate of drug-likeness (QED) is 0.654. The van der Waals surface area contributed by atoms with E-state index >= 15 is 0 Å². The van der Waals surface area contributed by atoms with Crippen LogP contribution in [0.4, 0.5) is 5.82 Å². The Morgan fingerprint density at radius 1 is 1.32 bits per heavy atom. The summed E-state index contributed by atoms with van der Waals surface area (Å²) >= 11 is 0. The van der Waals surface area contributed by atoms with Crippen LogP contribution in [-0.4, -0.2) is 9.97 Å². The summed E-state index contributed by atoms with van der Waals surface area (Å²) in [5.41, 5.74) is 4.45. The van der Waals surface area contributed by atoms with E-state index in [1.165, 1.54) is 6.42 Å². The van der Waals surface area contributed by atoms with Crippen LogP contribution in [0.5, 0.6) is 0 Å². The number of aryl methyl sites for hydroxylation is 1. The van der Waals surface area contributed by atoms with Gasteiger partial charge in [-0.3, -0.25) is 0 Å². The van der Waals surface area contributed by atoms with Gasteiger partial charge in [0.15, 0.2) is 11.6 Å². The van der Waals surface area contributed by atoms with Crippen molar-refractivity contribution in [1.82, 2.24) is 9.97 Å². The molecule has 2 aromatic rings. The highest BCUT2D eigenvalue weighted by Gasteiger charge is 2.36. The number of furan rings is 1. The second kappa shape index (κ2) is 4.35. The summed E-state index contributed by atoms with van der Waals surface area (Å²) in [6.45, 7) is 6.11. The third-order valence-corrected chi connectivity index (χ3v) is 3.85. The molecule has 5 heteroatoms. The Bertz CT molecular complexity index is 620. The van der Waals surface area contributed by atoms with Crippen LogP contribution in [0.2, 0.25) is 0 Å². The molecule has 2 aromatic heterocycles. The van der Waals surface area contributed by atoms with Crippen molar-refractivity contribution >= 4 is 5.82 Å². The molecule has 2 atom stereocenters. The third-order valence-electron chi connectivity index (χ3n) is 3.85. The van der Waals surface area contributed by atoms with Crippen LogP contribution in [0.3, 0.4) is 0 Å². The topological polar surface area (TPSA) is 77.0 Å². The highest BCUT2D eigenvalue weighted by Crippen LogP contribution is 2.47. The SMILES string of the molecule is Cc1nc(-c2ccc(C3CC3C)o2)nc(NN)c1C. The minimum atomic E-state index is 0.562. The minimum absolute atomic E-state index is 0.562. The van der Waals surface area contributed by atoms with E-state index in [4.69, 9.17) is 10.3 Å². The molecule has 100 valence electrons. The third kappa shape index (κ3) is 2.10. The van der Waals surface area contributed by atoms with E-state index < -0.39 is 0 Å². The highest BCUT2D eigenvalue weighted by atomic mass is 16.3. The van der Waals surface area contributed by atoms with Gasteiger partial charge in [-0.05, 0) is 38.3 Å². The molecule has 0 aliphatic heterocycles. The smallest absolute Gasteiger partial charge is 0.197 e. The summed E-state index contributed by atoms with van der Waals surface area (Å²) in [6.07, 6.45) is 1.20. The Labute approximate surface area is 112 Å². The maximum absolute atomic E-state index is 5.86. The molecule has 1 fully saturated rings. The largest absolute Gasteiger partial charge is 0.457 e. The van der Waals surface area contributed by atoms with Gasteiger partial charge in [-0.15, -0.1) is 0 Å². The molecular formula is C14H18N4O. The number of hydrogen-bond acceptors (Lipinski definition) is 5. The summed E-state index contributed by atoms with van der Waals surface area (Å²) in [6, 6.07) is 3.96. The van der Waals surface area contributed by atoms with Crippen molar-refractivity contribution in [2.24, 2.45) is 11.8 Å². The van der Waals surface area contributed by atoms with Crippen molar-refractivity contribution in [1.29, 1.82) is 0 Å². The summed E-state index contributed by atoms with van der Waals surface area (Å²) < 4.78 is 5.86. The van der Waals surface area contributed by atoms with Crippen LogP contribution in [0, 0.1) is 19.8 Å². The molecule has 5 nitrogen and oxygen atoms in total. The molecule has 1 saturated carbocycles. The number of aromatic nitrogens is 2. The van der Waals surface area contributed by atoms with Gasteiger partial charge in [-0.1, -0.05) is 6.92 Å². The van der Waals surface area contributed by atoms with Crippen LogP contribution in [0.25, 0.3) is 11.6 Å². The molecule has 3 rings (SSSR count). The zero-order chi connectivity index (χ0) is 13.6. The molecule has 0 spiro atoms. The van der Waals surface area contributed by atoms with E-state index in [2.05, 4.69) is 22.3 Å². The first-order valence-electron chi connectivity index (χ1n) is 6.52. The molecule has 19 heavy (non-hydrogen) atoms. The number of nitrogens with zero attached hydrogens (tertiary/aromatic N) is 2. The van der Waals surface area contributed by atoms with Gasteiger partial charge in [0.1, 0.15) is 11.6 Å². The van der Waals surface area contributed by atoms with Gasteiger partial charge >= 0.3 is 0 Å². The number of hydrazine groups is 1. The lowest BCUT2D eigenvalue weighted by Gasteiger charge is -2.07. The average Bonchev–Trinajstić information content (AvgIpc) is 2.93. The number of nitrogens with one attached hydrogen (secondary N) is 1. The molecule has 0 aromatic carbocycles. The van der Waals surface area contributed by atoms with Crippen molar-refractivity contribution in [2.45, 2.75) is 33.1 Å². The van der Waals surface area contributed by atoms with Crippen LogP contribution in [0.1, 0.15) is 36.3 Å². The molecule has 1 aliphatic carbocycles. The van der Waals surface area contributed by atoms with Crippen molar-refractivity contribution in [3.05, 3.63) is 29.2 Å². The maximum atomic E-state index is 5.86. The average molecular weight is 258 g/mol. The zero-order valence-electron chi connectivity index (χ0n) is 11.4. The molecule has 2 heterocycles. The van der Waals surface area contributed by atoms with E-state index in [1.54, 1.807) is 0 Å². The monoisotopic (exact) mass is 258 g/mol. The predicted octanol–water partition coefficient (Wildman–Crippen LogP) is 2.76. The van der Waals surface area contributed by atoms with Crippen molar-refractivity contribution in [3.8, 4) is 11.6 Å². The fourth-order valence-corrected chi connectivity index (χ4v) is 2.27. The van der Waals surface area contributed by atoms with Gasteiger partial charge < -0.3 is 9.84 Å². The van der Waals surface area contributed by atoms with Gasteiger partial charge in [0.2, 0.25) is 0 Å². The van der Waals surface area contributed by atoms with Crippen LogP contribution >= 0.6 is 0 Å². The molecule has 1 aliphatic rings. The maximum Gasteiger partial charge on any atom is 0.197 e. The number of nitrogens with two attached hydrogens (primary N) is 1. The highest BCUT2D eigenvalue weighted by molar-refractivity contribution is 5.55. The molecule has 0 amide bonds. The Morgan fingerprint density at radius 2 is 2.05 bits per heavy atom. The van der Waals surface area contributed by atoms with Crippen molar-refractivity contribution < 1.29 is 4.42 Å². The summed E-state index contributed by atoms with van der Waals surface area (Å²) in [5, 5.41) is 0. The Hall–Kier alpha value is -1.88. The summed E-state index contributed by atoms with van der Waals surface area (Å²) in [4.78, 5) is 8.86. The molecular weight excluding hydrogens is 240 g/mol. The number of anilines is 1. The minimum Gasteiger partial charge on any atom is -0.457 e. The van der Waals surface area contributed by atoms with Crippen molar-refractivity contribution in [3.63, 3.8) is 0 Å². The molecule has 0 bridgehead atoms. The zero-order valence-corrected chi connectivity index (χ0v) is 11.4. The van der Waals surface area contributed by atoms with Crippen LogP contribution < -0.4 is 11.3 Å². The first-order valence-corrected chi connectivity index (χ1v) is 6.52. The number of nitrogen functional groups attached to an aromatic ring is 1. The fraction of sp³-hybridized carbons (Fsp3) is 0.429. The fourth-order valence-electron chi connectivity index (χ4n) is 2.27. The normalized spacial score (nSPS) is 21.5. The van der Waals surface area contributed by atoms with E-state index in [0.29, 0.717) is 23.3 Å². The van der Waals surface area contributed by atoms with Gasteiger partial charge in [-0.2, -0.15) is 0 Å². The van der Waals surface area contributed by atoms with E-state index in [-0.39, 0.29) is 0 Å². The van der Waals surface area contributed by atoms with E-state index in [1.807, 2.05) is 26.0 Å². The Balaban J connectivity index is 1.97. The molecule has 0 saturated heterocycles. The number of rotatable bonds is 3.